The first-order chi connectivity index (χ1) is 10.2. The van der Waals surface area contributed by atoms with Gasteiger partial charge in [-0.2, -0.15) is 5.26 Å². The molecule has 1 aromatic carbocycles. The van der Waals surface area contributed by atoms with E-state index in [0.29, 0.717) is 6.54 Å². The number of nitrogens with one attached hydrogen (secondary N) is 2. The molecule has 0 spiro atoms. The first-order valence-electron chi connectivity index (χ1n) is 7.08. The van der Waals surface area contributed by atoms with Gasteiger partial charge >= 0.3 is 0 Å². The molecule has 0 saturated heterocycles. The molecule has 0 atom stereocenters. The van der Waals surface area contributed by atoms with Crippen molar-refractivity contribution in [1.82, 2.24) is 10.6 Å². The van der Waals surface area contributed by atoms with E-state index in [2.05, 4.69) is 26.6 Å². The maximum absolute atomic E-state index is 12.0. The van der Waals surface area contributed by atoms with Crippen molar-refractivity contribution in [3.05, 3.63) is 46.1 Å². The lowest BCUT2D eigenvalue weighted by atomic mass is 10.2. The Balaban J connectivity index is 1.89. The van der Waals surface area contributed by atoms with Crippen LogP contribution in [0.25, 0.3) is 0 Å². The number of benzene rings is 1. The normalized spacial score (nSPS) is 15.5. The van der Waals surface area contributed by atoms with Crippen molar-refractivity contribution >= 4 is 21.8 Å². The summed E-state index contributed by atoms with van der Waals surface area (Å²) in [5.41, 5.74) is 1.19. The summed E-state index contributed by atoms with van der Waals surface area (Å²) >= 11 is 3.46. The van der Waals surface area contributed by atoms with Crippen LogP contribution in [0.15, 0.2) is 40.5 Å². The van der Waals surface area contributed by atoms with Crippen LogP contribution in [0.4, 0.5) is 0 Å². The van der Waals surface area contributed by atoms with Gasteiger partial charge in [0.25, 0.3) is 5.91 Å². The number of carbonyl (C=O) groups excluding carboxylic acids is 1. The van der Waals surface area contributed by atoms with Gasteiger partial charge in [0.05, 0.1) is 0 Å². The minimum absolute atomic E-state index is 0.119. The van der Waals surface area contributed by atoms with Gasteiger partial charge in [0, 0.05) is 23.3 Å². The fourth-order valence-electron chi connectivity index (χ4n) is 2.39. The van der Waals surface area contributed by atoms with Crippen molar-refractivity contribution in [2.75, 3.05) is 0 Å². The van der Waals surface area contributed by atoms with Crippen LogP contribution in [0.2, 0.25) is 0 Å². The van der Waals surface area contributed by atoms with E-state index in [0.717, 1.165) is 35.7 Å². The molecule has 1 amide bonds. The highest BCUT2D eigenvalue weighted by Gasteiger charge is 2.19. The summed E-state index contributed by atoms with van der Waals surface area (Å²) in [5.74, 6) is -0.288. The maximum atomic E-state index is 12.0. The van der Waals surface area contributed by atoms with Gasteiger partial charge in [0.1, 0.15) is 11.6 Å². The van der Waals surface area contributed by atoms with Crippen molar-refractivity contribution < 1.29 is 4.79 Å². The summed E-state index contributed by atoms with van der Waals surface area (Å²) < 4.78 is 1.000. The second-order valence-electron chi connectivity index (χ2n) is 5.10. The molecule has 0 radical (unpaired) electrons. The highest BCUT2D eigenvalue weighted by molar-refractivity contribution is 9.10. The van der Waals surface area contributed by atoms with E-state index in [1.54, 1.807) is 0 Å². The number of amides is 1. The van der Waals surface area contributed by atoms with Gasteiger partial charge in [-0.1, -0.05) is 47.0 Å². The molecular formula is C16H18BrN3O. The Morgan fingerprint density at radius 1 is 1.38 bits per heavy atom. The molecule has 0 aliphatic heterocycles. The number of hydrogen-bond donors (Lipinski definition) is 2. The number of nitriles is 1. The van der Waals surface area contributed by atoms with E-state index in [1.165, 1.54) is 6.20 Å². The first-order valence-corrected chi connectivity index (χ1v) is 7.88. The number of hydrogen-bond acceptors (Lipinski definition) is 3. The Labute approximate surface area is 133 Å². The van der Waals surface area contributed by atoms with Crippen LogP contribution in [0.5, 0.6) is 0 Å². The number of carbonyl (C=O) groups is 1. The molecule has 4 nitrogen and oxygen atoms in total. The monoisotopic (exact) mass is 347 g/mol. The Hall–Kier alpha value is -1.80. The van der Waals surface area contributed by atoms with Crippen LogP contribution in [0, 0.1) is 11.3 Å². The van der Waals surface area contributed by atoms with Gasteiger partial charge in [-0.25, -0.2) is 0 Å². The lowest BCUT2D eigenvalue weighted by Crippen LogP contribution is -2.33. The van der Waals surface area contributed by atoms with Gasteiger partial charge in [0.2, 0.25) is 0 Å². The first kappa shape index (κ1) is 15.6. The van der Waals surface area contributed by atoms with Crippen molar-refractivity contribution in [1.29, 1.82) is 5.26 Å². The van der Waals surface area contributed by atoms with Gasteiger partial charge in [0.15, 0.2) is 0 Å². The molecule has 1 aliphatic carbocycles. The third-order valence-electron chi connectivity index (χ3n) is 3.55. The molecule has 1 saturated carbocycles. The van der Waals surface area contributed by atoms with E-state index in [-0.39, 0.29) is 17.5 Å². The molecule has 1 aromatic rings. The summed E-state index contributed by atoms with van der Waals surface area (Å²) in [5, 5.41) is 15.0. The lowest BCUT2D eigenvalue weighted by molar-refractivity contribution is -0.117. The fraction of sp³-hybridized carbons (Fsp3) is 0.375. The van der Waals surface area contributed by atoms with Gasteiger partial charge in [-0.05, 0) is 24.5 Å². The molecule has 5 heteroatoms. The highest BCUT2D eigenvalue weighted by atomic mass is 79.9. The molecule has 0 aromatic heterocycles. The summed E-state index contributed by atoms with van der Waals surface area (Å²) in [6.07, 6.45) is 5.81. The number of halogens is 1. The van der Waals surface area contributed by atoms with E-state index in [1.807, 2.05) is 30.3 Å². The van der Waals surface area contributed by atoms with Crippen LogP contribution >= 0.6 is 15.9 Å². The van der Waals surface area contributed by atoms with E-state index >= 15 is 0 Å². The minimum Gasteiger partial charge on any atom is -0.386 e. The molecule has 0 heterocycles. The SMILES string of the molecule is N#C/C(=C/NCc1ccccc1Br)C(=O)NC1CCCC1. The Kier molecular flexibility index (Phi) is 5.82. The molecular weight excluding hydrogens is 330 g/mol. The zero-order valence-corrected chi connectivity index (χ0v) is 13.3. The van der Waals surface area contributed by atoms with Crippen LogP contribution < -0.4 is 10.6 Å². The third kappa shape index (κ3) is 4.61. The van der Waals surface area contributed by atoms with E-state index in [9.17, 15) is 4.79 Å². The van der Waals surface area contributed by atoms with Gasteiger partial charge < -0.3 is 10.6 Å². The molecule has 1 aliphatic rings. The number of nitrogens with zero attached hydrogens (tertiary/aromatic N) is 1. The highest BCUT2D eigenvalue weighted by Crippen LogP contribution is 2.18. The molecule has 110 valence electrons. The summed E-state index contributed by atoms with van der Waals surface area (Å²) in [7, 11) is 0. The molecule has 0 unspecified atom stereocenters. The summed E-state index contributed by atoms with van der Waals surface area (Å²) in [4.78, 5) is 12.0. The zero-order valence-electron chi connectivity index (χ0n) is 11.7. The summed E-state index contributed by atoms with van der Waals surface area (Å²) in [6.45, 7) is 0.559. The molecule has 2 N–H and O–H groups in total. The van der Waals surface area contributed by atoms with Crippen LogP contribution in [-0.4, -0.2) is 11.9 Å². The van der Waals surface area contributed by atoms with Crippen molar-refractivity contribution in [2.24, 2.45) is 0 Å². The molecule has 0 bridgehead atoms. The van der Waals surface area contributed by atoms with Crippen molar-refractivity contribution in [2.45, 2.75) is 38.3 Å². The van der Waals surface area contributed by atoms with E-state index < -0.39 is 0 Å². The average molecular weight is 348 g/mol. The predicted octanol–water partition coefficient (Wildman–Crippen LogP) is 3.00. The second-order valence-corrected chi connectivity index (χ2v) is 5.95. The fourth-order valence-corrected chi connectivity index (χ4v) is 2.81. The molecule has 1 fully saturated rings. The van der Waals surface area contributed by atoms with Crippen LogP contribution in [0.3, 0.4) is 0 Å². The van der Waals surface area contributed by atoms with Gasteiger partial charge in [-0.15, -0.1) is 0 Å². The lowest BCUT2D eigenvalue weighted by Gasteiger charge is -2.11. The quantitative estimate of drug-likeness (QED) is 0.635. The van der Waals surface area contributed by atoms with Crippen molar-refractivity contribution in [3.8, 4) is 6.07 Å². The second kappa shape index (κ2) is 7.84. The smallest absolute Gasteiger partial charge is 0.263 e. The minimum atomic E-state index is -0.288. The van der Waals surface area contributed by atoms with E-state index in [4.69, 9.17) is 5.26 Å². The Bertz CT molecular complexity index is 571. The topological polar surface area (TPSA) is 64.9 Å². The van der Waals surface area contributed by atoms with Crippen LogP contribution in [-0.2, 0) is 11.3 Å². The average Bonchev–Trinajstić information content (AvgIpc) is 2.98. The Morgan fingerprint density at radius 3 is 2.76 bits per heavy atom. The third-order valence-corrected chi connectivity index (χ3v) is 4.33. The standard InChI is InChI=1S/C16H18BrN3O/c17-15-8-4-1-5-12(15)10-19-11-13(9-18)16(21)20-14-6-2-3-7-14/h1,4-5,8,11,14,19H,2-3,6-7,10H2,(H,20,21)/b13-11-. The molecule has 2 rings (SSSR count). The maximum Gasteiger partial charge on any atom is 0.263 e. The zero-order chi connectivity index (χ0) is 15.1. The van der Waals surface area contributed by atoms with Crippen molar-refractivity contribution in [3.63, 3.8) is 0 Å². The summed E-state index contributed by atoms with van der Waals surface area (Å²) in [6, 6.07) is 10.0. The predicted molar refractivity (Wildman–Crippen MR) is 85.1 cm³/mol. The number of rotatable bonds is 5. The largest absolute Gasteiger partial charge is 0.386 e. The van der Waals surface area contributed by atoms with Gasteiger partial charge in [-0.3, -0.25) is 4.79 Å². The Morgan fingerprint density at radius 2 is 2.10 bits per heavy atom. The van der Waals surface area contributed by atoms with Crippen LogP contribution in [0.1, 0.15) is 31.2 Å². The molecule has 21 heavy (non-hydrogen) atoms.